The van der Waals surface area contributed by atoms with Gasteiger partial charge < -0.3 is 15.3 Å². The van der Waals surface area contributed by atoms with E-state index in [1.807, 2.05) is 0 Å². The minimum atomic E-state index is -1.34. The summed E-state index contributed by atoms with van der Waals surface area (Å²) >= 11 is 0. The SMILES string of the molecule is C/C=C(/C(C)=O)N1CCCC1=O.CCC(=O)C(=O)O.CCC(=O)C(C)=O.O=C1CCCN1. The quantitative estimate of drug-likeness (QED) is 0.453. The van der Waals surface area contributed by atoms with Gasteiger partial charge in [-0.2, -0.15) is 0 Å². The highest BCUT2D eigenvalue weighted by atomic mass is 16.4. The molecule has 10 nitrogen and oxygen atoms in total. The second-order valence-corrected chi connectivity index (χ2v) is 6.75. The first-order valence-corrected chi connectivity index (χ1v) is 10.5. The number of ketones is 4. The van der Waals surface area contributed by atoms with Gasteiger partial charge in [-0.25, -0.2) is 4.79 Å². The number of carboxylic acid groups (broad SMARTS) is 1. The Bertz CT molecular complexity index is 706. The molecular formula is C22H34N2O8. The molecule has 0 aromatic rings. The molecular weight excluding hydrogens is 420 g/mol. The molecule has 0 saturated carbocycles. The molecule has 2 N–H and O–H groups in total. The molecule has 2 aliphatic heterocycles. The number of carboxylic acids is 1. The minimum Gasteiger partial charge on any atom is -0.476 e. The van der Waals surface area contributed by atoms with Crippen LogP contribution in [0.5, 0.6) is 0 Å². The highest BCUT2D eigenvalue weighted by Gasteiger charge is 2.24. The molecule has 2 rings (SSSR count). The molecule has 0 atom stereocenters. The number of nitrogens with one attached hydrogen (secondary N) is 1. The smallest absolute Gasteiger partial charge is 0.372 e. The average Bonchev–Trinajstić information content (AvgIpc) is 3.39. The van der Waals surface area contributed by atoms with E-state index in [4.69, 9.17) is 5.11 Å². The second kappa shape index (κ2) is 17.5. The van der Waals surface area contributed by atoms with Crippen LogP contribution in [0.3, 0.4) is 0 Å². The maximum atomic E-state index is 11.2. The molecule has 10 heteroatoms. The maximum Gasteiger partial charge on any atom is 0.372 e. The van der Waals surface area contributed by atoms with E-state index in [0.717, 1.165) is 25.8 Å². The Morgan fingerprint density at radius 2 is 1.50 bits per heavy atom. The third kappa shape index (κ3) is 13.9. The number of rotatable bonds is 6. The fraction of sp³-hybridized carbons (Fsp3) is 0.591. The molecule has 32 heavy (non-hydrogen) atoms. The first-order valence-electron chi connectivity index (χ1n) is 10.5. The number of carbonyl (C=O) groups excluding carboxylic acids is 6. The van der Waals surface area contributed by atoms with E-state index < -0.39 is 11.8 Å². The molecule has 2 aliphatic rings. The molecule has 0 aliphatic carbocycles. The van der Waals surface area contributed by atoms with Crippen LogP contribution in [0.1, 0.15) is 73.1 Å². The lowest BCUT2D eigenvalue weighted by molar-refractivity contribution is -0.148. The van der Waals surface area contributed by atoms with Crippen LogP contribution in [-0.4, -0.2) is 64.0 Å². The Balaban J connectivity index is 0. The Kier molecular flexibility index (Phi) is 17.0. The molecule has 0 radical (unpaired) electrons. The lowest BCUT2D eigenvalue weighted by Crippen LogP contribution is -2.27. The van der Waals surface area contributed by atoms with Gasteiger partial charge in [-0.1, -0.05) is 19.9 Å². The van der Waals surface area contributed by atoms with Crippen LogP contribution in [0.2, 0.25) is 0 Å². The van der Waals surface area contributed by atoms with E-state index in [1.165, 1.54) is 20.8 Å². The Labute approximate surface area is 188 Å². The van der Waals surface area contributed by atoms with Crippen LogP contribution < -0.4 is 5.32 Å². The van der Waals surface area contributed by atoms with Crippen molar-refractivity contribution in [2.45, 2.75) is 73.1 Å². The number of hydrogen-bond acceptors (Lipinski definition) is 7. The van der Waals surface area contributed by atoms with Gasteiger partial charge in [0.05, 0.1) is 5.70 Å². The summed E-state index contributed by atoms with van der Waals surface area (Å²) in [6.45, 7) is 9.31. The van der Waals surface area contributed by atoms with E-state index >= 15 is 0 Å². The molecule has 2 fully saturated rings. The van der Waals surface area contributed by atoms with Gasteiger partial charge in [0.2, 0.25) is 17.6 Å². The van der Waals surface area contributed by atoms with E-state index in [0.29, 0.717) is 25.1 Å². The molecule has 0 unspecified atom stereocenters. The number of nitrogens with zero attached hydrogens (tertiary/aromatic N) is 1. The topological polar surface area (TPSA) is 155 Å². The molecule has 2 saturated heterocycles. The van der Waals surface area contributed by atoms with Crippen molar-refractivity contribution in [2.24, 2.45) is 0 Å². The van der Waals surface area contributed by atoms with Crippen LogP contribution >= 0.6 is 0 Å². The van der Waals surface area contributed by atoms with Crippen molar-refractivity contribution >= 4 is 40.9 Å². The molecule has 2 amide bonds. The summed E-state index contributed by atoms with van der Waals surface area (Å²) in [4.78, 5) is 73.6. The van der Waals surface area contributed by atoms with Crippen LogP contribution in [0.4, 0.5) is 0 Å². The van der Waals surface area contributed by atoms with Gasteiger partial charge in [-0.3, -0.25) is 28.8 Å². The number of carbonyl (C=O) groups is 7. The van der Waals surface area contributed by atoms with E-state index in [1.54, 1.807) is 24.8 Å². The second-order valence-electron chi connectivity index (χ2n) is 6.75. The maximum absolute atomic E-state index is 11.2. The molecule has 0 aromatic heterocycles. The van der Waals surface area contributed by atoms with Crippen molar-refractivity contribution in [1.82, 2.24) is 10.2 Å². The van der Waals surface area contributed by atoms with Gasteiger partial charge in [0.25, 0.3) is 0 Å². The van der Waals surface area contributed by atoms with Crippen molar-refractivity contribution < 1.29 is 38.7 Å². The number of likely N-dealkylation sites (tertiary alicyclic amines) is 1. The van der Waals surface area contributed by atoms with Gasteiger partial charge >= 0.3 is 5.97 Å². The summed E-state index contributed by atoms with van der Waals surface area (Å²) < 4.78 is 0. The summed E-state index contributed by atoms with van der Waals surface area (Å²) in [5.41, 5.74) is 0.539. The lowest BCUT2D eigenvalue weighted by atomic mass is 10.2. The first kappa shape index (κ1) is 31.0. The van der Waals surface area contributed by atoms with Gasteiger partial charge in [-0.05, 0) is 19.8 Å². The van der Waals surface area contributed by atoms with Crippen LogP contribution in [0.25, 0.3) is 0 Å². The number of amides is 2. The molecule has 2 heterocycles. The number of Topliss-reactive ketones (excluding diaryl/α,β-unsaturated/α-hetero) is 4. The van der Waals surface area contributed by atoms with Crippen LogP contribution in [0.15, 0.2) is 11.8 Å². The predicted octanol–water partition coefficient (Wildman–Crippen LogP) is 1.60. The van der Waals surface area contributed by atoms with Crippen molar-refractivity contribution in [3.05, 3.63) is 11.8 Å². The number of hydrogen-bond donors (Lipinski definition) is 2. The molecule has 0 aromatic carbocycles. The first-order chi connectivity index (χ1) is 14.9. The zero-order chi connectivity index (χ0) is 25.3. The zero-order valence-corrected chi connectivity index (χ0v) is 19.5. The normalized spacial score (nSPS) is 14.5. The highest BCUT2D eigenvalue weighted by molar-refractivity contribution is 6.36. The summed E-state index contributed by atoms with van der Waals surface area (Å²) in [7, 11) is 0. The summed E-state index contributed by atoms with van der Waals surface area (Å²) in [5, 5.41) is 10.5. The van der Waals surface area contributed by atoms with Crippen molar-refractivity contribution in [2.75, 3.05) is 13.1 Å². The average molecular weight is 455 g/mol. The van der Waals surface area contributed by atoms with Gasteiger partial charge in [0, 0.05) is 52.6 Å². The third-order valence-corrected chi connectivity index (χ3v) is 4.17. The summed E-state index contributed by atoms with van der Waals surface area (Å²) in [6, 6.07) is 0. The fourth-order valence-corrected chi connectivity index (χ4v) is 2.42. The zero-order valence-electron chi connectivity index (χ0n) is 19.5. The van der Waals surface area contributed by atoms with Gasteiger partial charge in [-0.15, -0.1) is 0 Å². The standard InChI is InChI=1S/C9H13NO2.C5H8O2.C4H7NO.C4H6O3/c1-3-8(7(2)11)10-6-4-5-9(10)12;1-3-5(7)4(2)6;6-4-2-1-3-5-4;1-2-3(5)4(6)7/h3H,4-6H2,1-2H3;3H2,1-2H3;1-3H2,(H,5,6);2H2,1H3,(H,6,7)/b8-3-;;;. The summed E-state index contributed by atoms with van der Waals surface area (Å²) in [6.07, 6.45) is 5.31. The van der Waals surface area contributed by atoms with Crippen molar-refractivity contribution in [3.8, 4) is 0 Å². The Morgan fingerprint density at radius 1 is 0.938 bits per heavy atom. The summed E-state index contributed by atoms with van der Waals surface area (Å²) in [5.74, 6) is -2.48. The number of allylic oxidation sites excluding steroid dienone is 2. The van der Waals surface area contributed by atoms with E-state index in [9.17, 15) is 33.6 Å². The van der Waals surface area contributed by atoms with E-state index in [2.05, 4.69) is 5.32 Å². The Hall–Kier alpha value is -3.17. The van der Waals surface area contributed by atoms with Crippen LogP contribution in [-0.2, 0) is 33.6 Å². The Morgan fingerprint density at radius 3 is 1.66 bits per heavy atom. The van der Waals surface area contributed by atoms with Gasteiger partial charge in [0.15, 0.2) is 17.3 Å². The van der Waals surface area contributed by atoms with Crippen molar-refractivity contribution in [3.63, 3.8) is 0 Å². The molecule has 0 bridgehead atoms. The minimum absolute atomic E-state index is 0.0345. The predicted molar refractivity (Wildman–Crippen MR) is 117 cm³/mol. The molecule has 180 valence electrons. The largest absolute Gasteiger partial charge is 0.476 e. The third-order valence-electron chi connectivity index (χ3n) is 4.17. The monoisotopic (exact) mass is 454 g/mol. The lowest BCUT2D eigenvalue weighted by Gasteiger charge is -2.16. The van der Waals surface area contributed by atoms with Crippen molar-refractivity contribution in [1.29, 1.82) is 0 Å². The van der Waals surface area contributed by atoms with Gasteiger partial charge in [0.1, 0.15) is 0 Å². The highest BCUT2D eigenvalue weighted by Crippen LogP contribution is 2.16. The molecule has 0 spiro atoms. The van der Waals surface area contributed by atoms with E-state index in [-0.39, 0.29) is 35.6 Å². The van der Waals surface area contributed by atoms with Crippen LogP contribution in [0, 0.1) is 0 Å². The number of aliphatic carboxylic acids is 1. The fourth-order valence-electron chi connectivity index (χ4n) is 2.42.